The quantitative estimate of drug-likeness (QED) is 0.772. The van der Waals surface area contributed by atoms with Gasteiger partial charge in [-0.2, -0.15) is 0 Å². The first-order valence-corrected chi connectivity index (χ1v) is 8.28. The van der Waals surface area contributed by atoms with Crippen molar-refractivity contribution < 1.29 is 14.6 Å². The molecule has 0 spiro atoms. The van der Waals surface area contributed by atoms with Crippen molar-refractivity contribution >= 4 is 11.3 Å². The third kappa shape index (κ3) is 6.42. The van der Waals surface area contributed by atoms with E-state index in [0.29, 0.717) is 19.8 Å². The van der Waals surface area contributed by atoms with E-state index in [1.165, 1.54) is 4.88 Å². The lowest BCUT2D eigenvalue weighted by Gasteiger charge is -2.35. The van der Waals surface area contributed by atoms with Gasteiger partial charge in [-0.1, -0.05) is 6.07 Å². The number of hydrogen-bond acceptors (Lipinski definition) is 6. The summed E-state index contributed by atoms with van der Waals surface area (Å²) >= 11 is 1.68. The van der Waals surface area contributed by atoms with E-state index in [0.717, 1.165) is 26.2 Å². The van der Waals surface area contributed by atoms with Crippen LogP contribution in [0.1, 0.15) is 4.88 Å². The van der Waals surface area contributed by atoms with Crippen LogP contribution in [0.5, 0.6) is 0 Å². The first-order valence-electron chi connectivity index (χ1n) is 7.40. The van der Waals surface area contributed by atoms with Gasteiger partial charge in [0.15, 0.2) is 0 Å². The summed E-state index contributed by atoms with van der Waals surface area (Å²) in [5, 5.41) is 12.1. The van der Waals surface area contributed by atoms with Crippen molar-refractivity contribution in [2.45, 2.75) is 18.8 Å². The van der Waals surface area contributed by atoms with E-state index >= 15 is 0 Å². The molecule has 0 amide bonds. The Labute approximate surface area is 131 Å². The molecule has 120 valence electrons. The molecular weight excluding hydrogens is 288 g/mol. The standard InChI is InChI=1S/C15H26N2O3S/c1-16(2)9-14-10-17(5-6-20-14)8-13(18)11-19-12-15-4-3-7-21-15/h3-4,7,13-14,18H,5-6,8-12H2,1-2H3/t13-,14-/m0/s1. The van der Waals surface area contributed by atoms with Crippen molar-refractivity contribution in [3.63, 3.8) is 0 Å². The topological polar surface area (TPSA) is 45.2 Å². The minimum atomic E-state index is -0.442. The van der Waals surface area contributed by atoms with Crippen molar-refractivity contribution in [1.82, 2.24) is 9.80 Å². The van der Waals surface area contributed by atoms with Crippen molar-refractivity contribution in [3.05, 3.63) is 22.4 Å². The van der Waals surface area contributed by atoms with Gasteiger partial charge in [-0.3, -0.25) is 4.90 Å². The fourth-order valence-corrected chi connectivity index (χ4v) is 3.15. The van der Waals surface area contributed by atoms with Gasteiger partial charge >= 0.3 is 0 Å². The number of aliphatic hydroxyl groups is 1. The van der Waals surface area contributed by atoms with Crippen LogP contribution in [0, 0.1) is 0 Å². The predicted molar refractivity (Wildman–Crippen MR) is 84.7 cm³/mol. The van der Waals surface area contributed by atoms with Crippen LogP contribution in [0.4, 0.5) is 0 Å². The summed E-state index contributed by atoms with van der Waals surface area (Å²) in [5.41, 5.74) is 0. The van der Waals surface area contributed by atoms with Crippen LogP contribution >= 0.6 is 11.3 Å². The second-order valence-corrected chi connectivity index (χ2v) is 6.80. The van der Waals surface area contributed by atoms with Gasteiger partial charge in [0.1, 0.15) is 0 Å². The molecule has 0 saturated carbocycles. The van der Waals surface area contributed by atoms with E-state index in [-0.39, 0.29) is 6.10 Å². The summed E-state index contributed by atoms with van der Waals surface area (Å²) in [6, 6.07) is 4.06. The van der Waals surface area contributed by atoms with Crippen molar-refractivity contribution in [2.24, 2.45) is 0 Å². The lowest BCUT2D eigenvalue weighted by molar-refractivity contribution is -0.0583. The molecule has 2 heterocycles. The highest BCUT2D eigenvalue weighted by Crippen LogP contribution is 2.10. The van der Waals surface area contributed by atoms with Crippen LogP contribution in [-0.4, -0.2) is 80.6 Å². The third-order valence-electron chi connectivity index (χ3n) is 3.40. The Balaban J connectivity index is 1.63. The molecule has 0 aromatic carbocycles. The fraction of sp³-hybridized carbons (Fsp3) is 0.733. The van der Waals surface area contributed by atoms with Gasteiger partial charge in [-0.15, -0.1) is 11.3 Å². The molecule has 1 fully saturated rings. The smallest absolute Gasteiger partial charge is 0.0900 e. The van der Waals surface area contributed by atoms with Gasteiger partial charge in [0.2, 0.25) is 0 Å². The molecule has 0 unspecified atom stereocenters. The number of likely N-dealkylation sites (N-methyl/N-ethyl adjacent to an activating group) is 1. The van der Waals surface area contributed by atoms with Gasteiger partial charge in [0.25, 0.3) is 0 Å². The summed E-state index contributed by atoms with van der Waals surface area (Å²) < 4.78 is 11.3. The minimum Gasteiger partial charge on any atom is -0.389 e. The predicted octanol–water partition coefficient (Wildman–Crippen LogP) is 0.888. The normalized spacial score (nSPS) is 21.8. The minimum absolute atomic E-state index is 0.230. The number of morpholine rings is 1. The molecule has 21 heavy (non-hydrogen) atoms. The summed E-state index contributed by atoms with van der Waals surface area (Å²) in [7, 11) is 4.10. The zero-order valence-corrected chi connectivity index (χ0v) is 13.7. The summed E-state index contributed by atoms with van der Waals surface area (Å²) in [6.07, 6.45) is -0.212. The molecule has 0 aliphatic carbocycles. The molecule has 1 N–H and O–H groups in total. The van der Waals surface area contributed by atoms with E-state index < -0.39 is 6.10 Å². The number of hydrogen-bond donors (Lipinski definition) is 1. The van der Waals surface area contributed by atoms with Crippen LogP contribution in [0.25, 0.3) is 0 Å². The van der Waals surface area contributed by atoms with Crippen molar-refractivity contribution in [3.8, 4) is 0 Å². The Morgan fingerprint density at radius 1 is 1.57 bits per heavy atom. The van der Waals surface area contributed by atoms with E-state index in [4.69, 9.17) is 9.47 Å². The molecular formula is C15H26N2O3S. The number of β-amino-alcohol motifs (C(OH)–C–C–N with tert-alkyl or cyclic N) is 1. The number of aliphatic hydroxyl groups excluding tert-OH is 1. The molecule has 0 bridgehead atoms. The van der Waals surface area contributed by atoms with Gasteiger partial charge in [-0.25, -0.2) is 0 Å². The second-order valence-electron chi connectivity index (χ2n) is 5.76. The average Bonchev–Trinajstić information content (AvgIpc) is 2.91. The van der Waals surface area contributed by atoms with E-state index in [1.807, 2.05) is 17.5 Å². The maximum absolute atomic E-state index is 10.1. The summed E-state index contributed by atoms with van der Waals surface area (Å²) in [6.45, 7) is 5.03. The Kier molecular flexibility index (Phi) is 7.09. The lowest BCUT2D eigenvalue weighted by Crippen LogP contribution is -2.49. The van der Waals surface area contributed by atoms with Crippen LogP contribution in [0.3, 0.4) is 0 Å². The Morgan fingerprint density at radius 2 is 2.43 bits per heavy atom. The molecule has 1 saturated heterocycles. The number of rotatable bonds is 8. The highest BCUT2D eigenvalue weighted by molar-refractivity contribution is 7.09. The first kappa shape index (κ1) is 16.9. The van der Waals surface area contributed by atoms with Crippen LogP contribution < -0.4 is 0 Å². The largest absolute Gasteiger partial charge is 0.389 e. The van der Waals surface area contributed by atoms with Crippen LogP contribution in [-0.2, 0) is 16.1 Å². The highest BCUT2D eigenvalue weighted by atomic mass is 32.1. The maximum Gasteiger partial charge on any atom is 0.0900 e. The number of nitrogens with zero attached hydrogens (tertiary/aromatic N) is 2. The number of thiophene rings is 1. The maximum atomic E-state index is 10.1. The molecule has 5 nitrogen and oxygen atoms in total. The van der Waals surface area contributed by atoms with E-state index in [2.05, 4.69) is 23.9 Å². The number of ether oxygens (including phenoxy) is 2. The molecule has 0 radical (unpaired) electrons. The van der Waals surface area contributed by atoms with Crippen molar-refractivity contribution in [1.29, 1.82) is 0 Å². The molecule has 1 aliphatic rings. The van der Waals surface area contributed by atoms with Crippen LogP contribution in [0.2, 0.25) is 0 Å². The SMILES string of the molecule is CN(C)C[C@H]1CN(C[C@H](O)COCc2cccs2)CCO1. The monoisotopic (exact) mass is 314 g/mol. The molecule has 1 aromatic heterocycles. The summed E-state index contributed by atoms with van der Waals surface area (Å²) in [4.78, 5) is 5.59. The van der Waals surface area contributed by atoms with E-state index in [1.54, 1.807) is 11.3 Å². The lowest BCUT2D eigenvalue weighted by atomic mass is 10.2. The molecule has 1 aliphatic heterocycles. The Hall–Kier alpha value is -0.500. The Bertz CT molecular complexity index is 386. The highest BCUT2D eigenvalue weighted by Gasteiger charge is 2.22. The third-order valence-corrected chi connectivity index (χ3v) is 4.25. The zero-order chi connectivity index (χ0) is 15.1. The van der Waals surface area contributed by atoms with E-state index in [9.17, 15) is 5.11 Å². The first-order chi connectivity index (χ1) is 10.1. The average molecular weight is 314 g/mol. The summed E-state index contributed by atoms with van der Waals surface area (Å²) in [5.74, 6) is 0. The molecule has 2 rings (SSSR count). The molecule has 2 atom stereocenters. The Morgan fingerprint density at radius 3 is 3.14 bits per heavy atom. The second kappa shape index (κ2) is 8.82. The van der Waals surface area contributed by atoms with Gasteiger partial charge in [0, 0.05) is 31.1 Å². The van der Waals surface area contributed by atoms with Crippen LogP contribution in [0.15, 0.2) is 17.5 Å². The molecule has 6 heteroatoms. The van der Waals surface area contributed by atoms with Gasteiger partial charge in [-0.05, 0) is 25.5 Å². The zero-order valence-electron chi connectivity index (χ0n) is 12.9. The van der Waals surface area contributed by atoms with Crippen molar-refractivity contribution in [2.75, 3.05) is 53.5 Å². The van der Waals surface area contributed by atoms with Gasteiger partial charge < -0.3 is 19.5 Å². The molecule has 1 aromatic rings. The fourth-order valence-electron chi connectivity index (χ4n) is 2.50. The van der Waals surface area contributed by atoms with Gasteiger partial charge in [0.05, 0.1) is 32.0 Å².